The molecule has 0 spiro atoms. The molecule has 3 heterocycles. The molecule has 0 fully saturated rings. The minimum Gasteiger partial charge on any atom is -0.398 e. The van der Waals surface area contributed by atoms with Crippen molar-refractivity contribution in [1.29, 1.82) is 5.26 Å². The number of aromatic amines is 1. The summed E-state index contributed by atoms with van der Waals surface area (Å²) in [5, 5.41) is 16.3. The normalized spacial score (nSPS) is 13.1. The van der Waals surface area contributed by atoms with Gasteiger partial charge in [0, 0.05) is 29.6 Å². The maximum absolute atomic E-state index is 12.7. The van der Waals surface area contributed by atoms with E-state index in [-0.39, 0.29) is 12.5 Å². The van der Waals surface area contributed by atoms with Gasteiger partial charge in [-0.05, 0) is 23.8 Å². The molecule has 0 saturated carbocycles. The molecule has 3 N–H and O–H groups in total. The van der Waals surface area contributed by atoms with Crippen LogP contribution in [0.3, 0.4) is 0 Å². The summed E-state index contributed by atoms with van der Waals surface area (Å²) in [6, 6.07) is 9.26. The summed E-state index contributed by atoms with van der Waals surface area (Å²) in [5.41, 5.74) is 11.1. The Labute approximate surface area is 143 Å². The van der Waals surface area contributed by atoms with Crippen LogP contribution in [0, 0.1) is 11.3 Å². The molecular weight excluding hydrogens is 316 g/mol. The van der Waals surface area contributed by atoms with Crippen LogP contribution in [-0.2, 0) is 6.54 Å². The highest BCUT2D eigenvalue weighted by Crippen LogP contribution is 2.37. The quantitative estimate of drug-likeness (QED) is 0.565. The van der Waals surface area contributed by atoms with E-state index in [4.69, 9.17) is 11.0 Å². The number of nitrogens with one attached hydrogen (secondary N) is 1. The summed E-state index contributed by atoms with van der Waals surface area (Å²) in [6.45, 7) is 4.20. The highest BCUT2D eigenvalue weighted by Gasteiger charge is 2.32. The van der Waals surface area contributed by atoms with Crippen LogP contribution < -0.4 is 5.73 Å². The molecule has 4 rings (SSSR count). The standard InChI is InChI=1S/C18H14N6O/c1-10(7-19)8-24-9-12-11(4-5-13(20)15(12)18(24)25)16-17-14(22-23-16)3-2-6-21-17/h2-6H,1,8-9,20H2,(H,22,23). The van der Waals surface area contributed by atoms with Crippen LogP contribution in [0.4, 0.5) is 5.69 Å². The lowest BCUT2D eigenvalue weighted by Crippen LogP contribution is -2.26. The molecule has 25 heavy (non-hydrogen) atoms. The van der Waals surface area contributed by atoms with Crippen LogP contribution >= 0.6 is 0 Å². The van der Waals surface area contributed by atoms with Crippen molar-refractivity contribution in [3.05, 3.63) is 53.7 Å². The van der Waals surface area contributed by atoms with Crippen molar-refractivity contribution in [1.82, 2.24) is 20.1 Å². The van der Waals surface area contributed by atoms with Gasteiger partial charge in [0.1, 0.15) is 11.2 Å². The fourth-order valence-corrected chi connectivity index (χ4v) is 3.16. The zero-order valence-corrected chi connectivity index (χ0v) is 13.3. The predicted octanol–water partition coefficient (Wildman–Crippen LogP) is 2.24. The van der Waals surface area contributed by atoms with E-state index in [1.807, 2.05) is 24.3 Å². The number of amides is 1. The third-order valence-corrected chi connectivity index (χ3v) is 4.31. The molecule has 122 valence electrons. The summed E-state index contributed by atoms with van der Waals surface area (Å²) in [6.07, 6.45) is 1.70. The van der Waals surface area contributed by atoms with E-state index in [2.05, 4.69) is 21.8 Å². The average Bonchev–Trinajstić information content (AvgIpc) is 3.18. The topological polar surface area (TPSA) is 112 Å². The Kier molecular flexibility index (Phi) is 3.25. The second-order valence-electron chi connectivity index (χ2n) is 5.90. The molecule has 0 saturated heterocycles. The third-order valence-electron chi connectivity index (χ3n) is 4.31. The minimum absolute atomic E-state index is 0.183. The van der Waals surface area contributed by atoms with Crippen LogP contribution in [0.1, 0.15) is 15.9 Å². The highest BCUT2D eigenvalue weighted by molar-refractivity contribution is 6.06. The fraction of sp³-hybridized carbons (Fsp3) is 0.111. The van der Waals surface area contributed by atoms with Crippen molar-refractivity contribution in [2.75, 3.05) is 12.3 Å². The van der Waals surface area contributed by atoms with Gasteiger partial charge in [-0.15, -0.1) is 0 Å². The van der Waals surface area contributed by atoms with Gasteiger partial charge in [-0.25, -0.2) is 0 Å². The van der Waals surface area contributed by atoms with Crippen molar-refractivity contribution in [3.8, 4) is 17.3 Å². The van der Waals surface area contributed by atoms with Crippen LogP contribution in [0.15, 0.2) is 42.6 Å². The number of rotatable bonds is 3. The lowest BCUT2D eigenvalue weighted by atomic mass is 9.98. The number of nitriles is 1. The molecule has 0 unspecified atom stereocenters. The molecule has 2 aromatic heterocycles. The van der Waals surface area contributed by atoms with Gasteiger partial charge in [-0.3, -0.25) is 14.9 Å². The number of hydrogen-bond acceptors (Lipinski definition) is 5. The zero-order valence-electron chi connectivity index (χ0n) is 13.3. The molecule has 1 aliphatic heterocycles. The smallest absolute Gasteiger partial charge is 0.256 e. The molecule has 1 amide bonds. The number of carbonyl (C=O) groups excluding carboxylic acids is 1. The monoisotopic (exact) mass is 330 g/mol. The van der Waals surface area contributed by atoms with E-state index in [1.54, 1.807) is 17.2 Å². The first-order valence-corrected chi connectivity index (χ1v) is 7.68. The lowest BCUT2D eigenvalue weighted by Gasteiger charge is -2.14. The van der Waals surface area contributed by atoms with Gasteiger partial charge in [0.15, 0.2) is 0 Å². The number of hydrogen-bond donors (Lipinski definition) is 2. The van der Waals surface area contributed by atoms with E-state index < -0.39 is 0 Å². The van der Waals surface area contributed by atoms with E-state index in [1.165, 1.54) is 0 Å². The Hall–Kier alpha value is -3.66. The molecule has 7 nitrogen and oxygen atoms in total. The molecule has 0 atom stereocenters. The fourth-order valence-electron chi connectivity index (χ4n) is 3.16. The number of carbonyl (C=O) groups is 1. The minimum atomic E-state index is -0.196. The predicted molar refractivity (Wildman–Crippen MR) is 93.2 cm³/mol. The Balaban J connectivity index is 1.86. The van der Waals surface area contributed by atoms with E-state index in [0.29, 0.717) is 29.1 Å². The van der Waals surface area contributed by atoms with Gasteiger partial charge in [-0.2, -0.15) is 10.4 Å². The van der Waals surface area contributed by atoms with E-state index in [9.17, 15) is 4.79 Å². The van der Waals surface area contributed by atoms with Gasteiger partial charge in [0.2, 0.25) is 0 Å². The Bertz CT molecular complexity index is 1070. The first kappa shape index (κ1) is 14.9. The first-order chi connectivity index (χ1) is 12.1. The molecule has 7 heteroatoms. The summed E-state index contributed by atoms with van der Waals surface area (Å²) >= 11 is 0. The molecular formula is C18H14N6O. The second kappa shape index (κ2) is 5.46. The number of anilines is 1. The largest absolute Gasteiger partial charge is 0.398 e. The van der Waals surface area contributed by atoms with E-state index in [0.717, 1.165) is 22.2 Å². The number of fused-ring (bicyclic) bond motifs is 2. The number of nitrogens with two attached hydrogens (primary N) is 1. The number of nitrogens with zero attached hydrogens (tertiary/aromatic N) is 4. The van der Waals surface area contributed by atoms with E-state index >= 15 is 0 Å². The summed E-state index contributed by atoms with van der Waals surface area (Å²) in [5.74, 6) is -0.196. The van der Waals surface area contributed by atoms with Crippen LogP contribution in [0.2, 0.25) is 0 Å². The number of benzene rings is 1. The number of nitrogen functional groups attached to an aromatic ring is 1. The third kappa shape index (κ3) is 2.23. The molecule has 3 aromatic rings. The van der Waals surface area contributed by atoms with Gasteiger partial charge < -0.3 is 10.6 Å². The van der Waals surface area contributed by atoms with Crippen LogP contribution in [-0.4, -0.2) is 32.5 Å². The van der Waals surface area contributed by atoms with Crippen LogP contribution in [0.5, 0.6) is 0 Å². The summed E-state index contributed by atoms with van der Waals surface area (Å²) in [7, 11) is 0. The van der Waals surface area contributed by atoms with Gasteiger partial charge in [0.25, 0.3) is 5.91 Å². The molecule has 1 aromatic carbocycles. The molecule has 0 radical (unpaired) electrons. The Morgan fingerprint density at radius 1 is 1.44 bits per heavy atom. The average molecular weight is 330 g/mol. The van der Waals surface area contributed by atoms with Gasteiger partial charge in [0.05, 0.1) is 23.7 Å². The SMILES string of the molecule is C=C(C#N)CN1Cc2c(-c3n[nH]c4cccnc34)ccc(N)c2C1=O. The number of pyridine rings is 1. The second-order valence-corrected chi connectivity index (χ2v) is 5.90. The van der Waals surface area contributed by atoms with Crippen LogP contribution in [0.25, 0.3) is 22.3 Å². The number of aromatic nitrogens is 3. The zero-order chi connectivity index (χ0) is 17.6. The Morgan fingerprint density at radius 3 is 3.08 bits per heavy atom. The maximum atomic E-state index is 12.7. The van der Waals surface area contributed by atoms with Crippen molar-refractivity contribution in [3.63, 3.8) is 0 Å². The molecule has 0 bridgehead atoms. The van der Waals surface area contributed by atoms with Crippen molar-refractivity contribution >= 4 is 22.6 Å². The first-order valence-electron chi connectivity index (χ1n) is 7.68. The highest BCUT2D eigenvalue weighted by atomic mass is 16.2. The Morgan fingerprint density at radius 2 is 2.28 bits per heavy atom. The number of H-pyrrole nitrogens is 1. The van der Waals surface area contributed by atoms with Crippen molar-refractivity contribution in [2.24, 2.45) is 0 Å². The van der Waals surface area contributed by atoms with Gasteiger partial charge >= 0.3 is 0 Å². The summed E-state index contributed by atoms with van der Waals surface area (Å²) < 4.78 is 0. The molecule has 1 aliphatic rings. The summed E-state index contributed by atoms with van der Waals surface area (Å²) in [4.78, 5) is 18.7. The molecule has 0 aliphatic carbocycles. The lowest BCUT2D eigenvalue weighted by molar-refractivity contribution is 0.0795. The van der Waals surface area contributed by atoms with Crippen molar-refractivity contribution in [2.45, 2.75) is 6.54 Å². The van der Waals surface area contributed by atoms with Crippen molar-refractivity contribution < 1.29 is 4.79 Å². The maximum Gasteiger partial charge on any atom is 0.256 e. The van der Waals surface area contributed by atoms with Gasteiger partial charge in [-0.1, -0.05) is 12.6 Å².